The molecule has 3 rings (SSSR count). The first-order valence-electron chi connectivity index (χ1n) is 5.20. The summed E-state index contributed by atoms with van der Waals surface area (Å²) >= 11 is 0. The zero-order valence-electron chi connectivity index (χ0n) is 9.11. The highest BCUT2D eigenvalue weighted by Gasteiger charge is 2.21. The summed E-state index contributed by atoms with van der Waals surface area (Å²) in [5.74, 6) is -0.0561. The van der Waals surface area contributed by atoms with Crippen molar-refractivity contribution in [3.05, 3.63) is 52.9 Å². The molecule has 0 aliphatic heterocycles. The number of hydrogen-bond acceptors (Lipinski definition) is 5. The quantitative estimate of drug-likeness (QED) is 0.509. The minimum atomic E-state index is -0.589. The highest BCUT2D eigenvalue weighted by atomic mass is 16.6. The SMILES string of the molecule is O=[N+]([O-])c1occc1-c1ncc2ccccc2n1. The van der Waals surface area contributed by atoms with Crippen molar-refractivity contribution in [3.63, 3.8) is 0 Å². The fourth-order valence-electron chi connectivity index (χ4n) is 1.71. The second-order valence-electron chi connectivity index (χ2n) is 3.65. The first-order chi connectivity index (χ1) is 8.75. The molecule has 0 radical (unpaired) electrons. The van der Waals surface area contributed by atoms with Crippen molar-refractivity contribution in [1.29, 1.82) is 0 Å². The zero-order chi connectivity index (χ0) is 12.5. The van der Waals surface area contributed by atoms with Gasteiger partial charge >= 0.3 is 5.88 Å². The van der Waals surface area contributed by atoms with Gasteiger partial charge in [0.2, 0.25) is 0 Å². The molecule has 88 valence electrons. The van der Waals surface area contributed by atoms with E-state index in [1.807, 2.05) is 24.3 Å². The molecule has 0 aliphatic carbocycles. The molecule has 1 aromatic carbocycles. The molecule has 6 heteroatoms. The fraction of sp³-hybridized carbons (Fsp3) is 0. The molecule has 0 spiro atoms. The van der Waals surface area contributed by atoms with Crippen LogP contribution in [0.1, 0.15) is 0 Å². The summed E-state index contributed by atoms with van der Waals surface area (Å²) in [7, 11) is 0. The molecule has 0 N–H and O–H groups in total. The molecular weight excluding hydrogens is 234 g/mol. The van der Waals surface area contributed by atoms with E-state index in [4.69, 9.17) is 4.42 Å². The van der Waals surface area contributed by atoms with E-state index >= 15 is 0 Å². The molecule has 0 saturated heterocycles. The number of hydrogen-bond donors (Lipinski definition) is 0. The van der Waals surface area contributed by atoms with Gasteiger partial charge in [-0.25, -0.2) is 9.97 Å². The van der Waals surface area contributed by atoms with Crippen LogP contribution in [-0.2, 0) is 0 Å². The third kappa shape index (κ3) is 1.60. The Hall–Kier alpha value is -2.76. The molecule has 0 saturated carbocycles. The van der Waals surface area contributed by atoms with Crippen LogP contribution in [0.4, 0.5) is 5.88 Å². The molecule has 0 atom stereocenters. The van der Waals surface area contributed by atoms with E-state index in [2.05, 4.69) is 9.97 Å². The van der Waals surface area contributed by atoms with Crippen molar-refractivity contribution in [3.8, 4) is 11.4 Å². The van der Waals surface area contributed by atoms with Crippen molar-refractivity contribution in [2.24, 2.45) is 0 Å². The van der Waals surface area contributed by atoms with Crippen LogP contribution < -0.4 is 0 Å². The van der Waals surface area contributed by atoms with Crippen molar-refractivity contribution in [2.45, 2.75) is 0 Å². The summed E-state index contributed by atoms with van der Waals surface area (Å²) in [5, 5.41) is 11.7. The third-order valence-electron chi connectivity index (χ3n) is 2.54. The molecule has 0 fully saturated rings. The standard InChI is InChI=1S/C12H7N3O3/c16-15(17)12-9(5-6-18-12)11-13-7-8-3-1-2-4-10(8)14-11/h1-7H. The number of nitro groups is 1. The molecule has 18 heavy (non-hydrogen) atoms. The molecule has 2 heterocycles. The fourth-order valence-corrected chi connectivity index (χ4v) is 1.71. The number of benzene rings is 1. The van der Waals surface area contributed by atoms with E-state index in [9.17, 15) is 10.1 Å². The smallest absolute Gasteiger partial charge is 0.409 e. The summed E-state index contributed by atoms with van der Waals surface area (Å²) in [6, 6.07) is 8.92. The average molecular weight is 241 g/mol. The highest BCUT2D eigenvalue weighted by molar-refractivity contribution is 5.80. The Balaban J connectivity index is 2.19. The minimum Gasteiger partial charge on any atom is -0.409 e. The monoisotopic (exact) mass is 241 g/mol. The summed E-state index contributed by atoms with van der Waals surface area (Å²) in [6.45, 7) is 0. The largest absolute Gasteiger partial charge is 0.444 e. The lowest BCUT2D eigenvalue weighted by atomic mass is 10.2. The van der Waals surface area contributed by atoms with Crippen LogP contribution in [0.2, 0.25) is 0 Å². The second-order valence-corrected chi connectivity index (χ2v) is 3.65. The Bertz CT molecular complexity index is 736. The van der Waals surface area contributed by atoms with E-state index in [0.717, 1.165) is 10.9 Å². The summed E-state index contributed by atoms with van der Waals surface area (Å²) in [4.78, 5) is 18.6. The first kappa shape index (κ1) is 10.4. The summed E-state index contributed by atoms with van der Waals surface area (Å²) < 4.78 is 4.81. The molecule has 2 aromatic heterocycles. The Morgan fingerprint density at radius 1 is 1.22 bits per heavy atom. The van der Waals surface area contributed by atoms with Gasteiger partial charge in [-0.05, 0) is 12.1 Å². The molecule has 0 unspecified atom stereocenters. The average Bonchev–Trinajstić information content (AvgIpc) is 2.87. The lowest BCUT2D eigenvalue weighted by Crippen LogP contribution is -1.93. The number of furan rings is 1. The van der Waals surface area contributed by atoms with Crippen molar-refractivity contribution in [2.75, 3.05) is 0 Å². The number of rotatable bonds is 2. The van der Waals surface area contributed by atoms with Gasteiger partial charge in [0.15, 0.2) is 5.82 Å². The van der Waals surface area contributed by atoms with Crippen LogP contribution in [0.15, 0.2) is 47.2 Å². The molecule has 0 amide bonds. The van der Waals surface area contributed by atoms with Crippen LogP contribution in [0.5, 0.6) is 0 Å². The van der Waals surface area contributed by atoms with Crippen LogP contribution in [0.25, 0.3) is 22.3 Å². The normalized spacial score (nSPS) is 10.7. The predicted octanol–water partition coefficient (Wildman–Crippen LogP) is 2.80. The Labute approximate surface area is 101 Å². The van der Waals surface area contributed by atoms with Gasteiger partial charge in [-0.2, -0.15) is 0 Å². The van der Waals surface area contributed by atoms with E-state index < -0.39 is 4.92 Å². The number of para-hydroxylation sites is 1. The molecule has 3 aromatic rings. The summed E-state index contributed by atoms with van der Waals surface area (Å²) in [5.41, 5.74) is 1.02. The van der Waals surface area contributed by atoms with Gasteiger partial charge in [-0.1, -0.05) is 18.2 Å². The van der Waals surface area contributed by atoms with Crippen LogP contribution in [0, 0.1) is 10.1 Å². The van der Waals surface area contributed by atoms with Crippen LogP contribution in [0.3, 0.4) is 0 Å². The number of fused-ring (bicyclic) bond motifs is 1. The lowest BCUT2D eigenvalue weighted by Gasteiger charge is -1.99. The van der Waals surface area contributed by atoms with Gasteiger partial charge < -0.3 is 4.42 Å². The maximum atomic E-state index is 10.8. The zero-order valence-corrected chi connectivity index (χ0v) is 9.11. The maximum absolute atomic E-state index is 10.8. The molecule has 6 nitrogen and oxygen atoms in total. The Morgan fingerprint density at radius 3 is 2.89 bits per heavy atom. The van der Waals surface area contributed by atoms with Gasteiger partial charge in [0.25, 0.3) is 0 Å². The molecule has 0 aliphatic rings. The lowest BCUT2D eigenvalue weighted by molar-refractivity contribution is -0.401. The van der Waals surface area contributed by atoms with E-state index in [1.54, 1.807) is 6.20 Å². The van der Waals surface area contributed by atoms with Gasteiger partial charge in [-0.3, -0.25) is 10.1 Å². The minimum absolute atomic E-state index is 0.283. The molecule has 0 bridgehead atoms. The Morgan fingerprint density at radius 2 is 2.06 bits per heavy atom. The van der Waals surface area contributed by atoms with Gasteiger partial charge in [0, 0.05) is 11.6 Å². The van der Waals surface area contributed by atoms with Crippen molar-refractivity contribution >= 4 is 16.8 Å². The van der Waals surface area contributed by atoms with E-state index in [1.165, 1.54) is 12.3 Å². The van der Waals surface area contributed by atoms with Crippen molar-refractivity contribution < 1.29 is 9.34 Å². The number of nitrogens with zero attached hydrogens (tertiary/aromatic N) is 3. The van der Waals surface area contributed by atoms with Gasteiger partial charge in [-0.15, -0.1) is 0 Å². The van der Waals surface area contributed by atoms with Crippen LogP contribution in [-0.4, -0.2) is 14.9 Å². The van der Waals surface area contributed by atoms with Crippen LogP contribution >= 0.6 is 0 Å². The highest BCUT2D eigenvalue weighted by Crippen LogP contribution is 2.28. The van der Waals surface area contributed by atoms with Gasteiger partial charge in [0.05, 0.1) is 11.8 Å². The summed E-state index contributed by atoms with van der Waals surface area (Å²) in [6.07, 6.45) is 2.89. The first-order valence-corrected chi connectivity index (χ1v) is 5.20. The topological polar surface area (TPSA) is 82.1 Å². The van der Waals surface area contributed by atoms with E-state index in [-0.39, 0.29) is 17.3 Å². The second kappa shape index (κ2) is 3.92. The predicted molar refractivity (Wildman–Crippen MR) is 63.9 cm³/mol. The maximum Gasteiger partial charge on any atom is 0.444 e. The van der Waals surface area contributed by atoms with Crippen molar-refractivity contribution in [1.82, 2.24) is 9.97 Å². The number of aromatic nitrogens is 2. The Kier molecular flexibility index (Phi) is 2.26. The third-order valence-corrected chi connectivity index (χ3v) is 2.54. The van der Waals surface area contributed by atoms with E-state index in [0.29, 0.717) is 0 Å². The van der Waals surface area contributed by atoms with Gasteiger partial charge in [0.1, 0.15) is 10.5 Å². The molecular formula is C12H7N3O3.